The molecule has 1 aromatic rings. The second-order valence-corrected chi connectivity index (χ2v) is 5.61. The van der Waals surface area contributed by atoms with Crippen LogP contribution in [0, 0.1) is 19.8 Å². The van der Waals surface area contributed by atoms with Gasteiger partial charge in [-0.3, -0.25) is 4.98 Å². The third-order valence-corrected chi connectivity index (χ3v) is 3.74. The number of hydrogen-bond acceptors (Lipinski definition) is 4. The lowest BCUT2D eigenvalue weighted by Crippen LogP contribution is -2.30. The smallest absolute Gasteiger partial charge is 0.185 e. The van der Waals surface area contributed by atoms with Gasteiger partial charge in [0.05, 0.1) is 18.9 Å². The summed E-state index contributed by atoms with van der Waals surface area (Å²) in [6, 6.07) is 2.23. The Morgan fingerprint density at radius 3 is 2.53 bits per heavy atom. The molecule has 0 aromatic carbocycles. The van der Waals surface area contributed by atoms with Crippen LogP contribution in [-0.4, -0.2) is 24.2 Å². The Morgan fingerprint density at radius 1 is 1.32 bits per heavy atom. The molecule has 2 N–H and O–H groups in total. The lowest BCUT2D eigenvalue weighted by molar-refractivity contribution is -0.0451. The predicted molar refractivity (Wildman–Crippen MR) is 74.9 cm³/mol. The summed E-state index contributed by atoms with van der Waals surface area (Å²) in [4.78, 5) is 4.70. The highest BCUT2D eigenvalue weighted by Gasteiger charge is 2.24. The molecule has 0 spiro atoms. The van der Waals surface area contributed by atoms with Crippen molar-refractivity contribution in [1.82, 2.24) is 4.98 Å². The fraction of sp³-hybridized carbons (Fsp3) is 0.667. The fourth-order valence-electron chi connectivity index (χ4n) is 2.14. The molecule has 1 aromatic heterocycles. The largest absolute Gasteiger partial charge is 0.346 e. The summed E-state index contributed by atoms with van der Waals surface area (Å²) in [6.45, 7) is 9.65. The lowest BCUT2D eigenvalue weighted by atomic mass is 9.96. The molecule has 0 amide bonds. The van der Waals surface area contributed by atoms with E-state index < -0.39 is 0 Å². The van der Waals surface area contributed by atoms with Crippen molar-refractivity contribution in [2.75, 3.05) is 13.2 Å². The van der Waals surface area contributed by atoms with Gasteiger partial charge in [-0.1, -0.05) is 13.8 Å². The van der Waals surface area contributed by atoms with Gasteiger partial charge in [0.1, 0.15) is 0 Å². The van der Waals surface area contributed by atoms with Crippen molar-refractivity contribution in [3.8, 4) is 0 Å². The van der Waals surface area contributed by atoms with Crippen LogP contribution in [0.25, 0.3) is 0 Å². The van der Waals surface area contributed by atoms with Crippen LogP contribution < -0.4 is 5.73 Å². The monoisotopic (exact) mass is 264 g/mol. The summed E-state index contributed by atoms with van der Waals surface area (Å²) >= 11 is 0. The molecule has 4 heteroatoms. The Morgan fingerprint density at radius 2 is 1.95 bits per heavy atom. The third-order valence-electron chi connectivity index (χ3n) is 3.74. The van der Waals surface area contributed by atoms with Crippen LogP contribution in [0.1, 0.15) is 42.7 Å². The maximum atomic E-state index is 6.18. The van der Waals surface area contributed by atoms with Crippen LogP contribution >= 0.6 is 0 Å². The molecule has 0 saturated carbocycles. The topological polar surface area (TPSA) is 57.4 Å². The zero-order valence-electron chi connectivity index (χ0n) is 12.3. The fourth-order valence-corrected chi connectivity index (χ4v) is 2.14. The van der Waals surface area contributed by atoms with Crippen molar-refractivity contribution in [3.63, 3.8) is 0 Å². The molecule has 2 rings (SSSR count). The first-order chi connectivity index (χ1) is 8.99. The van der Waals surface area contributed by atoms with Gasteiger partial charge in [0.25, 0.3) is 0 Å². The number of nitrogens with zero attached hydrogens (tertiary/aromatic N) is 1. The van der Waals surface area contributed by atoms with Gasteiger partial charge in [-0.15, -0.1) is 0 Å². The normalized spacial score (nSPS) is 18.2. The maximum absolute atomic E-state index is 6.18. The SMILES string of the molecule is Cc1cc(C2OCCO2)c(CC(N)C(C)C)nc1C. The number of aryl methyl sites for hydroxylation is 2. The summed E-state index contributed by atoms with van der Waals surface area (Å²) in [7, 11) is 0. The Balaban J connectivity index is 2.31. The Bertz CT molecular complexity index is 440. The minimum absolute atomic E-state index is 0.106. The highest BCUT2D eigenvalue weighted by Crippen LogP contribution is 2.28. The predicted octanol–water partition coefficient (Wildman–Crippen LogP) is 2.27. The van der Waals surface area contributed by atoms with E-state index in [1.165, 1.54) is 0 Å². The molecule has 106 valence electrons. The van der Waals surface area contributed by atoms with Gasteiger partial charge in [-0.25, -0.2) is 0 Å². The van der Waals surface area contributed by atoms with E-state index in [4.69, 9.17) is 20.2 Å². The Labute approximate surface area is 115 Å². The highest BCUT2D eigenvalue weighted by molar-refractivity contribution is 5.31. The number of pyridine rings is 1. The van der Waals surface area contributed by atoms with Crippen molar-refractivity contribution in [3.05, 3.63) is 28.6 Å². The van der Waals surface area contributed by atoms with E-state index in [-0.39, 0.29) is 12.3 Å². The first-order valence-corrected chi connectivity index (χ1v) is 6.95. The molecule has 1 fully saturated rings. The van der Waals surface area contributed by atoms with Gasteiger partial charge in [0, 0.05) is 23.7 Å². The minimum atomic E-state index is -0.277. The summed E-state index contributed by atoms with van der Waals surface area (Å²) in [6.07, 6.45) is 0.485. The number of ether oxygens (including phenoxy) is 2. The van der Waals surface area contributed by atoms with Crippen LogP contribution in [0.4, 0.5) is 0 Å². The van der Waals surface area contributed by atoms with Gasteiger partial charge in [-0.05, 0) is 31.4 Å². The van der Waals surface area contributed by atoms with Crippen molar-refractivity contribution in [2.24, 2.45) is 11.7 Å². The van der Waals surface area contributed by atoms with Gasteiger partial charge in [-0.2, -0.15) is 0 Å². The zero-order chi connectivity index (χ0) is 14.0. The van der Waals surface area contributed by atoms with Crippen molar-refractivity contribution in [2.45, 2.75) is 46.4 Å². The molecule has 0 aliphatic carbocycles. The highest BCUT2D eigenvalue weighted by atomic mass is 16.7. The molecule has 1 aliphatic heterocycles. The van der Waals surface area contributed by atoms with Crippen LogP contribution in [0.5, 0.6) is 0 Å². The van der Waals surface area contributed by atoms with Gasteiger partial charge >= 0.3 is 0 Å². The van der Waals surface area contributed by atoms with Crippen molar-refractivity contribution < 1.29 is 9.47 Å². The Hall–Kier alpha value is -0.970. The van der Waals surface area contributed by atoms with Crippen LogP contribution in [0.15, 0.2) is 6.07 Å². The van der Waals surface area contributed by atoms with E-state index in [9.17, 15) is 0 Å². The molecular weight excluding hydrogens is 240 g/mol. The average molecular weight is 264 g/mol. The molecule has 1 aliphatic rings. The van der Waals surface area contributed by atoms with E-state index in [0.717, 1.165) is 28.9 Å². The summed E-state index contributed by atoms with van der Waals surface area (Å²) < 4.78 is 11.2. The summed E-state index contributed by atoms with van der Waals surface area (Å²) in [5.74, 6) is 0.432. The molecule has 0 radical (unpaired) electrons. The van der Waals surface area contributed by atoms with E-state index >= 15 is 0 Å². The Kier molecular flexibility index (Phi) is 4.55. The maximum Gasteiger partial charge on any atom is 0.185 e. The lowest BCUT2D eigenvalue weighted by Gasteiger charge is -2.20. The second-order valence-electron chi connectivity index (χ2n) is 5.61. The molecular formula is C15H24N2O2. The molecule has 0 bridgehead atoms. The zero-order valence-corrected chi connectivity index (χ0v) is 12.3. The van der Waals surface area contributed by atoms with Crippen molar-refractivity contribution >= 4 is 0 Å². The standard InChI is InChI=1S/C15H24N2O2/c1-9(2)13(16)8-14-12(15-18-5-6-19-15)7-10(3)11(4)17-14/h7,9,13,15H,5-6,8,16H2,1-4H3. The molecule has 1 atom stereocenters. The summed E-state index contributed by atoms with van der Waals surface area (Å²) in [5.41, 5.74) is 10.4. The van der Waals surface area contributed by atoms with E-state index in [1.54, 1.807) is 0 Å². The number of rotatable bonds is 4. The minimum Gasteiger partial charge on any atom is -0.346 e. The number of nitrogens with two attached hydrogens (primary N) is 1. The van der Waals surface area contributed by atoms with Gasteiger partial charge in [0.2, 0.25) is 0 Å². The van der Waals surface area contributed by atoms with Crippen LogP contribution in [0.2, 0.25) is 0 Å². The van der Waals surface area contributed by atoms with Gasteiger partial charge < -0.3 is 15.2 Å². The molecule has 2 heterocycles. The van der Waals surface area contributed by atoms with E-state index in [0.29, 0.717) is 19.1 Å². The molecule has 19 heavy (non-hydrogen) atoms. The molecule has 4 nitrogen and oxygen atoms in total. The summed E-state index contributed by atoms with van der Waals surface area (Å²) in [5, 5.41) is 0. The van der Waals surface area contributed by atoms with Crippen LogP contribution in [0.3, 0.4) is 0 Å². The van der Waals surface area contributed by atoms with E-state index in [2.05, 4.69) is 26.8 Å². The average Bonchev–Trinajstić information content (AvgIpc) is 2.86. The van der Waals surface area contributed by atoms with Crippen molar-refractivity contribution in [1.29, 1.82) is 0 Å². The van der Waals surface area contributed by atoms with Crippen LogP contribution in [-0.2, 0) is 15.9 Å². The first kappa shape index (κ1) is 14.4. The number of hydrogen-bond donors (Lipinski definition) is 1. The third kappa shape index (κ3) is 3.32. The molecule has 1 unspecified atom stereocenters. The first-order valence-electron chi connectivity index (χ1n) is 6.95. The quantitative estimate of drug-likeness (QED) is 0.906. The van der Waals surface area contributed by atoms with E-state index in [1.807, 2.05) is 6.92 Å². The second kappa shape index (κ2) is 5.99. The number of aromatic nitrogens is 1. The molecule has 1 saturated heterocycles. The van der Waals surface area contributed by atoms with Gasteiger partial charge in [0.15, 0.2) is 6.29 Å².